The van der Waals surface area contributed by atoms with Crippen LogP contribution in [0.25, 0.3) is 0 Å². The van der Waals surface area contributed by atoms with Crippen molar-refractivity contribution in [3.63, 3.8) is 0 Å². The van der Waals surface area contributed by atoms with Crippen LogP contribution in [0.1, 0.15) is 31.2 Å². The van der Waals surface area contributed by atoms with Gasteiger partial charge in [0, 0.05) is 5.69 Å². The van der Waals surface area contributed by atoms with Gasteiger partial charge in [-0.15, -0.1) is 0 Å². The largest absolute Gasteiger partial charge is 0.487 e. The molecule has 2 rings (SSSR count). The molecule has 0 fully saturated rings. The number of ether oxygens (including phenoxy) is 2. The Hall–Kier alpha value is -2.07. The van der Waals surface area contributed by atoms with Gasteiger partial charge >= 0.3 is 0 Å². The maximum Gasteiger partial charge on any atom is 0.161 e. The molecule has 0 aliphatic heterocycles. The van der Waals surface area contributed by atoms with Gasteiger partial charge in [-0.2, -0.15) is 0 Å². The number of benzene rings is 1. The Balaban J connectivity index is 2.04. The van der Waals surface area contributed by atoms with Crippen LogP contribution in [0.15, 0.2) is 42.5 Å². The van der Waals surface area contributed by atoms with Crippen LogP contribution >= 0.6 is 0 Å². The highest BCUT2D eigenvalue weighted by Gasteiger charge is 2.06. The Morgan fingerprint density at radius 3 is 2.38 bits per heavy atom. The summed E-state index contributed by atoms with van der Waals surface area (Å²) in [6, 6.07) is 13.4. The van der Waals surface area contributed by atoms with E-state index >= 15 is 0 Å². The molecule has 0 radical (unpaired) electrons. The monoisotopic (exact) mass is 287 g/mol. The molecule has 1 heterocycles. The molecule has 112 valence electrons. The second-order valence-corrected chi connectivity index (χ2v) is 5.02. The maximum atomic E-state index is 8.83. The van der Waals surface area contributed by atoms with Crippen LogP contribution in [0.2, 0.25) is 0 Å². The molecule has 0 bridgehead atoms. The zero-order valence-corrected chi connectivity index (χ0v) is 12.5. The molecule has 0 aliphatic carbocycles. The lowest BCUT2D eigenvalue weighted by Crippen LogP contribution is -2.05. The summed E-state index contributed by atoms with van der Waals surface area (Å²) in [4.78, 5) is 4.57. The fraction of sp³-hybridized carbons (Fsp3) is 0.353. The number of hydrogen-bond acceptors (Lipinski definition) is 4. The Bertz CT molecular complexity index is 569. The molecule has 0 saturated carbocycles. The van der Waals surface area contributed by atoms with E-state index in [9.17, 15) is 0 Å². The van der Waals surface area contributed by atoms with Crippen molar-refractivity contribution in [3.8, 4) is 11.5 Å². The van der Waals surface area contributed by atoms with Gasteiger partial charge in [0.05, 0.1) is 12.3 Å². The summed E-state index contributed by atoms with van der Waals surface area (Å²) in [5.74, 6) is 1.68. The lowest BCUT2D eigenvalue weighted by atomic mass is 10.1. The van der Waals surface area contributed by atoms with Crippen LogP contribution in [-0.2, 0) is 6.61 Å². The van der Waals surface area contributed by atoms with Gasteiger partial charge in [0.2, 0.25) is 0 Å². The molecule has 1 aromatic carbocycles. The average Bonchev–Trinajstić information content (AvgIpc) is 2.52. The first-order chi connectivity index (χ1) is 10.2. The van der Waals surface area contributed by atoms with Crippen molar-refractivity contribution in [2.45, 2.75) is 26.4 Å². The highest BCUT2D eigenvalue weighted by molar-refractivity contribution is 5.39. The minimum atomic E-state index is -0.0215. The van der Waals surface area contributed by atoms with E-state index in [1.807, 2.05) is 42.5 Å². The Morgan fingerprint density at radius 1 is 1.00 bits per heavy atom. The van der Waals surface area contributed by atoms with Gasteiger partial charge in [0.25, 0.3) is 0 Å². The minimum Gasteiger partial charge on any atom is -0.487 e. The topological polar surface area (TPSA) is 51.6 Å². The molecule has 0 aliphatic rings. The van der Waals surface area contributed by atoms with Crippen molar-refractivity contribution in [1.82, 2.24) is 4.98 Å². The predicted molar refractivity (Wildman–Crippen MR) is 81.7 cm³/mol. The molecule has 4 heteroatoms. The summed E-state index contributed by atoms with van der Waals surface area (Å²) in [6.45, 7) is 4.85. The van der Waals surface area contributed by atoms with E-state index in [0.29, 0.717) is 24.0 Å². The Kier molecular flexibility index (Phi) is 5.58. The third-order valence-corrected chi connectivity index (χ3v) is 2.99. The van der Waals surface area contributed by atoms with Gasteiger partial charge in [-0.05, 0) is 30.2 Å². The maximum absolute atomic E-state index is 8.83. The highest BCUT2D eigenvalue weighted by Crippen LogP contribution is 2.27. The summed E-state index contributed by atoms with van der Waals surface area (Å²) in [5, 5.41) is 8.83. The van der Waals surface area contributed by atoms with Crippen LogP contribution in [0.4, 0.5) is 0 Å². The lowest BCUT2D eigenvalue weighted by Gasteiger charge is -2.12. The van der Waals surface area contributed by atoms with Gasteiger partial charge in [0.15, 0.2) is 11.5 Å². The molecule has 1 aromatic heterocycles. The molecule has 2 aromatic rings. The summed E-state index contributed by atoms with van der Waals surface area (Å²) in [7, 11) is 0. The zero-order chi connectivity index (χ0) is 15.1. The van der Waals surface area contributed by atoms with Crippen LogP contribution in [-0.4, -0.2) is 23.3 Å². The van der Waals surface area contributed by atoms with E-state index in [1.54, 1.807) is 0 Å². The lowest BCUT2D eigenvalue weighted by molar-refractivity contribution is 0.192. The van der Waals surface area contributed by atoms with Crippen molar-refractivity contribution in [3.05, 3.63) is 53.9 Å². The Morgan fingerprint density at radius 2 is 1.71 bits per heavy atom. The fourth-order valence-corrected chi connectivity index (χ4v) is 1.90. The predicted octanol–water partition coefficient (Wildman–Crippen LogP) is 3.16. The third-order valence-electron chi connectivity index (χ3n) is 2.99. The van der Waals surface area contributed by atoms with Crippen molar-refractivity contribution in [1.29, 1.82) is 0 Å². The van der Waals surface area contributed by atoms with Crippen molar-refractivity contribution < 1.29 is 14.6 Å². The van der Waals surface area contributed by atoms with E-state index in [4.69, 9.17) is 14.6 Å². The molecule has 0 atom stereocenters. The second kappa shape index (κ2) is 7.64. The quantitative estimate of drug-likeness (QED) is 0.850. The molecular formula is C17H21NO3. The number of hydrogen-bond donors (Lipinski definition) is 1. The van der Waals surface area contributed by atoms with E-state index < -0.39 is 0 Å². The molecule has 0 amide bonds. The number of para-hydroxylation sites is 2. The molecule has 0 unspecified atom stereocenters. The first-order valence-corrected chi connectivity index (χ1v) is 7.12. The van der Waals surface area contributed by atoms with Gasteiger partial charge in [-0.3, -0.25) is 4.98 Å². The number of aromatic nitrogens is 1. The summed E-state index contributed by atoms with van der Waals surface area (Å²) in [6.07, 6.45) is 0. The van der Waals surface area contributed by atoms with Crippen LogP contribution in [0.5, 0.6) is 11.5 Å². The van der Waals surface area contributed by atoms with Gasteiger partial charge in [0.1, 0.15) is 13.2 Å². The first-order valence-electron chi connectivity index (χ1n) is 7.12. The summed E-state index contributed by atoms with van der Waals surface area (Å²) < 4.78 is 11.2. The third kappa shape index (κ3) is 4.46. The normalized spacial score (nSPS) is 10.7. The van der Waals surface area contributed by atoms with Gasteiger partial charge < -0.3 is 14.6 Å². The van der Waals surface area contributed by atoms with Gasteiger partial charge in [-0.25, -0.2) is 0 Å². The van der Waals surface area contributed by atoms with E-state index in [2.05, 4.69) is 18.8 Å². The second-order valence-electron chi connectivity index (χ2n) is 5.02. The van der Waals surface area contributed by atoms with Crippen molar-refractivity contribution in [2.24, 2.45) is 0 Å². The summed E-state index contributed by atoms with van der Waals surface area (Å²) >= 11 is 0. The molecule has 4 nitrogen and oxygen atoms in total. The van der Waals surface area contributed by atoms with Crippen LogP contribution < -0.4 is 9.47 Å². The number of aliphatic hydroxyl groups excluding tert-OH is 1. The summed E-state index contributed by atoms with van der Waals surface area (Å²) in [5.41, 5.74) is 1.94. The first kappa shape index (κ1) is 15.3. The smallest absolute Gasteiger partial charge is 0.161 e. The molecule has 1 N–H and O–H groups in total. The molecule has 21 heavy (non-hydrogen) atoms. The number of pyridine rings is 1. The van der Waals surface area contributed by atoms with Crippen molar-refractivity contribution in [2.75, 3.05) is 13.2 Å². The van der Waals surface area contributed by atoms with Crippen molar-refractivity contribution >= 4 is 0 Å². The highest BCUT2D eigenvalue weighted by atomic mass is 16.5. The van der Waals surface area contributed by atoms with E-state index in [-0.39, 0.29) is 13.2 Å². The molecular weight excluding hydrogens is 266 g/mol. The molecule has 0 spiro atoms. The Labute approximate surface area is 125 Å². The minimum absolute atomic E-state index is 0.0215. The van der Waals surface area contributed by atoms with E-state index in [1.165, 1.54) is 0 Å². The number of nitrogens with zero attached hydrogens (tertiary/aromatic N) is 1. The fourth-order valence-electron chi connectivity index (χ4n) is 1.90. The van der Waals surface area contributed by atoms with Gasteiger partial charge in [-0.1, -0.05) is 32.0 Å². The SMILES string of the molecule is CC(C)c1cccc(COc2ccccc2OCCO)n1. The van der Waals surface area contributed by atoms with Crippen LogP contribution in [0.3, 0.4) is 0 Å². The number of aliphatic hydroxyl groups is 1. The zero-order valence-electron chi connectivity index (χ0n) is 12.5. The molecule has 0 saturated heterocycles. The van der Waals surface area contributed by atoms with E-state index in [0.717, 1.165) is 11.4 Å². The van der Waals surface area contributed by atoms with Crippen LogP contribution in [0, 0.1) is 0 Å². The number of rotatable bonds is 7. The average molecular weight is 287 g/mol. The standard InChI is InChI=1S/C17H21NO3/c1-13(2)15-7-5-6-14(18-15)12-21-17-9-4-3-8-16(17)20-11-10-19/h3-9,13,19H,10-12H2,1-2H3.